The summed E-state index contributed by atoms with van der Waals surface area (Å²) < 4.78 is 5.39. The fraction of sp³-hybridized carbons (Fsp3) is 0.333. The number of nitro groups is 1. The van der Waals surface area contributed by atoms with Crippen LogP contribution < -0.4 is 9.64 Å². The first-order valence-corrected chi connectivity index (χ1v) is 8.42. The van der Waals surface area contributed by atoms with Gasteiger partial charge in [0.1, 0.15) is 17.8 Å². The molecule has 1 fully saturated rings. The Morgan fingerprint density at radius 3 is 2.65 bits per heavy atom. The van der Waals surface area contributed by atoms with Crippen LogP contribution in [0.2, 0.25) is 0 Å². The topological polar surface area (TPSA) is 88.8 Å². The number of anilines is 1. The Hall–Kier alpha value is -3.16. The van der Waals surface area contributed by atoms with Crippen molar-refractivity contribution in [3.63, 3.8) is 0 Å². The van der Waals surface area contributed by atoms with Crippen LogP contribution in [-0.4, -0.2) is 47.1 Å². The second kappa shape index (κ2) is 7.81. The molecule has 0 spiro atoms. The van der Waals surface area contributed by atoms with Crippen LogP contribution in [-0.2, 0) is 0 Å². The number of ether oxygens (including phenoxy) is 1. The molecule has 0 atom stereocenters. The minimum Gasteiger partial charge on any atom is -0.410 e. The molecule has 8 nitrogen and oxygen atoms in total. The van der Waals surface area contributed by atoms with Gasteiger partial charge in [-0.1, -0.05) is 18.2 Å². The van der Waals surface area contributed by atoms with Crippen LogP contribution in [0.5, 0.6) is 5.75 Å². The van der Waals surface area contributed by atoms with Gasteiger partial charge in [-0.3, -0.25) is 10.1 Å². The van der Waals surface area contributed by atoms with Crippen molar-refractivity contribution < 1.29 is 14.5 Å². The Morgan fingerprint density at radius 2 is 1.96 bits per heavy atom. The van der Waals surface area contributed by atoms with E-state index in [4.69, 9.17) is 4.74 Å². The molecular formula is C18H20N4O4. The summed E-state index contributed by atoms with van der Waals surface area (Å²) >= 11 is 0. The van der Waals surface area contributed by atoms with Crippen LogP contribution in [0.25, 0.3) is 0 Å². The molecule has 3 rings (SSSR count). The number of carbonyl (C=O) groups is 1. The second-order valence-corrected chi connectivity index (χ2v) is 6.09. The first kappa shape index (κ1) is 17.7. The number of benzene rings is 1. The summed E-state index contributed by atoms with van der Waals surface area (Å²) in [5.74, 6) is 1.21. The maximum Gasteiger partial charge on any atom is 0.415 e. The Bertz CT molecular complexity index is 797. The van der Waals surface area contributed by atoms with Crippen LogP contribution in [0, 0.1) is 17.0 Å². The minimum absolute atomic E-state index is 0.0108. The number of amides is 1. The van der Waals surface area contributed by atoms with E-state index in [1.165, 1.54) is 6.20 Å². The quantitative estimate of drug-likeness (QED) is 0.620. The molecule has 1 aliphatic heterocycles. The highest BCUT2D eigenvalue weighted by Crippen LogP contribution is 2.22. The molecule has 26 heavy (non-hydrogen) atoms. The van der Waals surface area contributed by atoms with Gasteiger partial charge in [-0.25, -0.2) is 9.78 Å². The summed E-state index contributed by atoms with van der Waals surface area (Å²) in [6.45, 7) is 4.11. The zero-order chi connectivity index (χ0) is 18.5. The van der Waals surface area contributed by atoms with Crippen molar-refractivity contribution in [1.29, 1.82) is 0 Å². The van der Waals surface area contributed by atoms with E-state index >= 15 is 0 Å². The van der Waals surface area contributed by atoms with Crippen molar-refractivity contribution in [3.05, 3.63) is 58.3 Å². The van der Waals surface area contributed by atoms with Crippen molar-refractivity contribution >= 4 is 17.6 Å². The van der Waals surface area contributed by atoms with Crippen LogP contribution in [0.15, 0.2) is 42.6 Å². The lowest BCUT2D eigenvalue weighted by Gasteiger charge is -2.22. The summed E-state index contributed by atoms with van der Waals surface area (Å²) in [6.07, 6.45) is 1.68. The van der Waals surface area contributed by atoms with Crippen LogP contribution in [0.4, 0.5) is 16.3 Å². The Balaban J connectivity index is 1.64. The summed E-state index contributed by atoms with van der Waals surface area (Å²) in [6, 6.07) is 10.7. The van der Waals surface area contributed by atoms with E-state index in [9.17, 15) is 14.9 Å². The van der Waals surface area contributed by atoms with E-state index in [1.807, 2.05) is 23.1 Å². The van der Waals surface area contributed by atoms with Crippen molar-refractivity contribution in [2.75, 3.05) is 31.1 Å². The molecule has 1 aromatic carbocycles. The molecule has 2 heterocycles. The van der Waals surface area contributed by atoms with E-state index in [-0.39, 0.29) is 11.8 Å². The predicted molar refractivity (Wildman–Crippen MR) is 96.5 cm³/mol. The standard InChI is InChI=1S/C18H20N4O4/c1-14-12-17(19-13-16(14)22(24)25)20-8-5-9-21(11-10-20)18(23)26-15-6-3-2-4-7-15/h2-4,6-7,12-13H,5,8-11H2,1H3. The van der Waals surface area contributed by atoms with Gasteiger partial charge in [-0.2, -0.15) is 0 Å². The largest absolute Gasteiger partial charge is 0.415 e. The van der Waals surface area contributed by atoms with Crippen molar-refractivity contribution in [2.24, 2.45) is 0 Å². The number of hydrogen-bond acceptors (Lipinski definition) is 6. The zero-order valence-electron chi connectivity index (χ0n) is 14.5. The predicted octanol–water partition coefficient (Wildman–Crippen LogP) is 3.01. The average Bonchev–Trinajstić information content (AvgIpc) is 2.88. The van der Waals surface area contributed by atoms with E-state index in [2.05, 4.69) is 4.98 Å². The third-order valence-corrected chi connectivity index (χ3v) is 4.29. The highest BCUT2D eigenvalue weighted by molar-refractivity contribution is 5.70. The molecule has 0 radical (unpaired) electrons. The van der Waals surface area contributed by atoms with Gasteiger partial charge in [0.05, 0.1) is 4.92 Å². The molecule has 0 saturated carbocycles. The van der Waals surface area contributed by atoms with E-state index in [0.29, 0.717) is 36.8 Å². The minimum atomic E-state index is -0.435. The number of aryl methyl sites for hydroxylation is 1. The van der Waals surface area contributed by atoms with Crippen molar-refractivity contribution in [2.45, 2.75) is 13.3 Å². The third kappa shape index (κ3) is 4.08. The number of nitrogens with zero attached hydrogens (tertiary/aromatic N) is 4. The number of carbonyl (C=O) groups excluding carboxylic acids is 1. The van der Waals surface area contributed by atoms with Crippen LogP contribution in [0.1, 0.15) is 12.0 Å². The molecular weight excluding hydrogens is 336 g/mol. The number of pyridine rings is 1. The molecule has 1 saturated heterocycles. The number of para-hydroxylation sites is 1. The van der Waals surface area contributed by atoms with Crippen molar-refractivity contribution in [1.82, 2.24) is 9.88 Å². The molecule has 2 aromatic rings. The van der Waals surface area contributed by atoms with Gasteiger partial charge in [0.25, 0.3) is 5.69 Å². The fourth-order valence-electron chi connectivity index (χ4n) is 2.88. The fourth-order valence-corrected chi connectivity index (χ4v) is 2.88. The Labute approximate surface area is 151 Å². The third-order valence-electron chi connectivity index (χ3n) is 4.29. The smallest absolute Gasteiger partial charge is 0.410 e. The monoisotopic (exact) mass is 356 g/mol. The molecule has 136 valence electrons. The molecule has 0 bridgehead atoms. The molecule has 0 unspecified atom stereocenters. The molecule has 1 amide bonds. The Kier molecular flexibility index (Phi) is 5.31. The molecule has 8 heteroatoms. The van der Waals surface area contributed by atoms with Crippen molar-refractivity contribution in [3.8, 4) is 5.75 Å². The lowest BCUT2D eigenvalue weighted by atomic mass is 10.2. The van der Waals surface area contributed by atoms with E-state index in [1.54, 1.807) is 30.0 Å². The zero-order valence-corrected chi connectivity index (χ0v) is 14.5. The van der Waals surface area contributed by atoms with E-state index in [0.717, 1.165) is 13.0 Å². The highest BCUT2D eigenvalue weighted by Gasteiger charge is 2.22. The molecule has 1 aromatic heterocycles. The van der Waals surface area contributed by atoms with Gasteiger partial charge in [-0.05, 0) is 31.5 Å². The van der Waals surface area contributed by atoms with Crippen LogP contribution >= 0.6 is 0 Å². The summed E-state index contributed by atoms with van der Waals surface area (Å²) in [5, 5.41) is 10.9. The lowest BCUT2D eigenvalue weighted by Crippen LogP contribution is -2.37. The SMILES string of the molecule is Cc1cc(N2CCCN(C(=O)Oc3ccccc3)CC2)ncc1[N+](=O)[O-]. The maximum absolute atomic E-state index is 12.3. The summed E-state index contributed by atoms with van der Waals surface area (Å²) in [7, 11) is 0. The first-order valence-electron chi connectivity index (χ1n) is 8.42. The van der Waals surface area contributed by atoms with Gasteiger partial charge in [0.15, 0.2) is 0 Å². The average molecular weight is 356 g/mol. The molecule has 0 N–H and O–H groups in total. The summed E-state index contributed by atoms with van der Waals surface area (Å²) in [4.78, 5) is 30.7. The lowest BCUT2D eigenvalue weighted by molar-refractivity contribution is -0.385. The van der Waals surface area contributed by atoms with Crippen LogP contribution in [0.3, 0.4) is 0 Å². The van der Waals surface area contributed by atoms with Gasteiger partial charge in [0.2, 0.25) is 0 Å². The molecule has 0 aliphatic carbocycles. The van der Waals surface area contributed by atoms with Gasteiger partial charge in [0, 0.05) is 31.7 Å². The second-order valence-electron chi connectivity index (χ2n) is 6.09. The number of hydrogen-bond donors (Lipinski definition) is 0. The van der Waals surface area contributed by atoms with Gasteiger partial charge in [-0.15, -0.1) is 0 Å². The van der Waals surface area contributed by atoms with E-state index < -0.39 is 4.92 Å². The maximum atomic E-state index is 12.3. The van der Waals surface area contributed by atoms with Gasteiger partial charge >= 0.3 is 6.09 Å². The first-order chi connectivity index (χ1) is 12.5. The molecule has 1 aliphatic rings. The number of aromatic nitrogens is 1. The Morgan fingerprint density at radius 1 is 1.19 bits per heavy atom. The normalized spacial score (nSPS) is 14.7. The highest BCUT2D eigenvalue weighted by atomic mass is 16.6. The number of rotatable bonds is 3. The van der Waals surface area contributed by atoms with Gasteiger partial charge < -0.3 is 14.5 Å². The summed E-state index contributed by atoms with van der Waals surface area (Å²) in [5.41, 5.74) is 0.584.